The van der Waals surface area contributed by atoms with Crippen molar-refractivity contribution in [3.63, 3.8) is 0 Å². The van der Waals surface area contributed by atoms with Gasteiger partial charge in [0.05, 0.1) is 33.4 Å². The van der Waals surface area contributed by atoms with Crippen molar-refractivity contribution in [3.8, 4) is 0 Å². The second-order valence-corrected chi connectivity index (χ2v) is 11.7. The van der Waals surface area contributed by atoms with E-state index in [0.717, 1.165) is 0 Å². The molecule has 4 aromatic rings. The van der Waals surface area contributed by atoms with E-state index in [9.17, 15) is 8.42 Å². The molecule has 0 radical (unpaired) electrons. The Morgan fingerprint density at radius 2 is 1.44 bits per heavy atom. The van der Waals surface area contributed by atoms with Crippen molar-refractivity contribution in [1.29, 1.82) is 0 Å². The molecule has 0 spiro atoms. The molecular formula is C25H17Cl5N2O3S. The lowest BCUT2D eigenvalue weighted by molar-refractivity contribution is 0.357. The Hall–Kier alpha value is -2.03. The van der Waals surface area contributed by atoms with Crippen LogP contribution in [-0.2, 0) is 23.1 Å². The molecule has 11 heteroatoms. The number of sulfonamides is 1. The second-order valence-electron chi connectivity index (χ2n) is 7.67. The van der Waals surface area contributed by atoms with Gasteiger partial charge in [0.25, 0.3) is 0 Å². The average Bonchev–Trinajstić information content (AvgIpc) is 3.27. The first kappa shape index (κ1) is 27.0. The molecule has 0 aliphatic rings. The summed E-state index contributed by atoms with van der Waals surface area (Å²) >= 11 is 30.1. The highest BCUT2D eigenvalue weighted by molar-refractivity contribution is 7.89. The van der Waals surface area contributed by atoms with Gasteiger partial charge in [-0.25, -0.2) is 8.42 Å². The fraction of sp³-hybridized carbons (Fsp3) is 0.0800. The molecule has 3 aromatic carbocycles. The number of aliphatic imine (C=N–C) groups is 1. The molecule has 0 fully saturated rings. The summed E-state index contributed by atoms with van der Waals surface area (Å²) in [6.45, 7) is -0.00494. The van der Waals surface area contributed by atoms with Gasteiger partial charge in [-0.2, -0.15) is 4.31 Å². The molecule has 4 rings (SSSR count). The summed E-state index contributed by atoms with van der Waals surface area (Å²) in [7, 11) is -3.92. The molecule has 0 saturated heterocycles. The lowest BCUT2D eigenvalue weighted by Crippen LogP contribution is -2.30. The standard InChI is InChI=1S/C25H17Cl5N2O3S/c26-17-2-6-23(7-3-17)36(33,34)32(14-16-1-8-24(29)25(30)9-16)15-22-5-4-21(35-22)13-31-20-11-18(27)10-19(28)12-20/h1-13H,14-15H2. The van der Waals surface area contributed by atoms with Crippen molar-refractivity contribution >= 4 is 79.9 Å². The van der Waals surface area contributed by atoms with Crippen molar-refractivity contribution < 1.29 is 12.8 Å². The maximum absolute atomic E-state index is 13.5. The molecule has 0 aliphatic carbocycles. The molecule has 36 heavy (non-hydrogen) atoms. The lowest BCUT2D eigenvalue weighted by atomic mass is 10.2. The second kappa shape index (κ2) is 11.6. The molecule has 0 amide bonds. The highest BCUT2D eigenvalue weighted by Gasteiger charge is 2.26. The summed E-state index contributed by atoms with van der Waals surface area (Å²) in [5.74, 6) is 0.845. The molecular weight excluding hydrogens is 586 g/mol. The fourth-order valence-corrected chi connectivity index (χ4v) is 5.65. The quantitative estimate of drug-likeness (QED) is 0.190. The summed E-state index contributed by atoms with van der Waals surface area (Å²) in [5, 5.41) is 2.06. The van der Waals surface area contributed by atoms with Gasteiger partial charge in [-0.1, -0.05) is 64.1 Å². The normalized spacial score (nSPS) is 12.1. The van der Waals surface area contributed by atoms with Gasteiger partial charge in [-0.15, -0.1) is 0 Å². The van der Waals surface area contributed by atoms with E-state index in [1.54, 1.807) is 48.5 Å². The van der Waals surface area contributed by atoms with E-state index < -0.39 is 10.0 Å². The van der Waals surface area contributed by atoms with Gasteiger partial charge in [-0.05, 0) is 72.3 Å². The Morgan fingerprint density at radius 3 is 2.11 bits per heavy atom. The van der Waals surface area contributed by atoms with E-state index >= 15 is 0 Å². The highest BCUT2D eigenvalue weighted by Crippen LogP contribution is 2.28. The maximum Gasteiger partial charge on any atom is 0.243 e. The van der Waals surface area contributed by atoms with E-state index in [1.807, 2.05) is 0 Å². The first-order chi connectivity index (χ1) is 17.1. The van der Waals surface area contributed by atoms with Crippen LogP contribution in [0.3, 0.4) is 0 Å². The molecule has 0 saturated carbocycles. The van der Waals surface area contributed by atoms with E-state index in [1.165, 1.54) is 34.8 Å². The zero-order valence-corrected chi connectivity index (χ0v) is 22.9. The Kier molecular flexibility index (Phi) is 8.68. The topological polar surface area (TPSA) is 62.9 Å². The van der Waals surface area contributed by atoms with Crippen LogP contribution in [0, 0.1) is 0 Å². The van der Waals surface area contributed by atoms with Crippen molar-refractivity contribution in [2.24, 2.45) is 4.99 Å². The zero-order valence-electron chi connectivity index (χ0n) is 18.3. The summed E-state index contributed by atoms with van der Waals surface area (Å²) in [5.41, 5.74) is 1.21. The number of hydrogen-bond acceptors (Lipinski definition) is 4. The number of rotatable bonds is 8. The number of halogens is 5. The van der Waals surface area contributed by atoms with Crippen LogP contribution in [0.15, 0.2) is 87.1 Å². The Balaban J connectivity index is 1.61. The summed E-state index contributed by atoms with van der Waals surface area (Å²) in [6, 6.07) is 19.2. The Morgan fingerprint density at radius 1 is 0.750 bits per heavy atom. The lowest BCUT2D eigenvalue weighted by Gasteiger charge is -2.22. The number of nitrogens with zero attached hydrogens (tertiary/aromatic N) is 2. The largest absolute Gasteiger partial charge is 0.459 e. The SMILES string of the molecule is O=S(=O)(c1ccc(Cl)cc1)N(Cc1ccc(Cl)c(Cl)c1)Cc1ccc(C=Nc2cc(Cl)cc(Cl)c2)o1. The summed E-state index contributed by atoms with van der Waals surface area (Å²) in [4.78, 5) is 4.42. The number of hydrogen-bond donors (Lipinski definition) is 0. The third-order valence-corrected chi connectivity index (χ3v) is 8.23. The van der Waals surface area contributed by atoms with Crippen LogP contribution in [-0.4, -0.2) is 18.9 Å². The van der Waals surface area contributed by atoms with Gasteiger partial charge in [0.15, 0.2) is 0 Å². The Labute approximate surface area is 233 Å². The van der Waals surface area contributed by atoms with Crippen LogP contribution >= 0.6 is 58.0 Å². The minimum atomic E-state index is -3.92. The average molecular weight is 603 g/mol. The van der Waals surface area contributed by atoms with Crippen LogP contribution in [0.4, 0.5) is 5.69 Å². The third kappa shape index (κ3) is 6.84. The van der Waals surface area contributed by atoms with Gasteiger partial charge in [0, 0.05) is 21.6 Å². The minimum Gasteiger partial charge on any atom is -0.459 e. The van der Waals surface area contributed by atoms with E-state index in [4.69, 9.17) is 62.4 Å². The first-order valence-electron chi connectivity index (χ1n) is 10.4. The molecule has 0 aliphatic heterocycles. The van der Waals surface area contributed by atoms with E-state index in [2.05, 4.69) is 4.99 Å². The van der Waals surface area contributed by atoms with Gasteiger partial charge < -0.3 is 4.42 Å². The minimum absolute atomic E-state index is 0.0347. The number of furan rings is 1. The monoisotopic (exact) mass is 600 g/mol. The van der Waals surface area contributed by atoms with Gasteiger partial charge >= 0.3 is 0 Å². The first-order valence-corrected chi connectivity index (χ1v) is 13.7. The van der Waals surface area contributed by atoms with Crippen LogP contribution in [0.5, 0.6) is 0 Å². The predicted molar refractivity (Wildman–Crippen MR) is 147 cm³/mol. The van der Waals surface area contributed by atoms with Crippen molar-refractivity contribution in [3.05, 3.63) is 115 Å². The molecule has 186 valence electrons. The van der Waals surface area contributed by atoms with Crippen molar-refractivity contribution in [2.75, 3.05) is 0 Å². The van der Waals surface area contributed by atoms with Gasteiger partial charge in [0.1, 0.15) is 11.5 Å². The zero-order chi connectivity index (χ0) is 25.9. The molecule has 0 unspecified atom stereocenters. The van der Waals surface area contributed by atoms with E-state index in [0.29, 0.717) is 47.9 Å². The van der Waals surface area contributed by atoms with Crippen molar-refractivity contribution in [2.45, 2.75) is 18.0 Å². The molecule has 1 aromatic heterocycles. The molecule has 1 heterocycles. The third-order valence-electron chi connectivity index (χ3n) is 5.00. The van der Waals surface area contributed by atoms with Crippen LogP contribution in [0.2, 0.25) is 25.1 Å². The summed E-state index contributed by atoms with van der Waals surface area (Å²) < 4.78 is 34.2. The van der Waals surface area contributed by atoms with Crippen LogP contribution < -0.4 is 0 Å². The fourth-order valence-electron chi connectivity index (χ4n) is 3.30. The number of benzene rings is 3. The van der Waals surface area contributed by atoms with Crippen LogP contribution in [0.1, 0.15) is 17.1 Å². The molecule has 0 bridgehead atoms. The summed E-state index contributed by atoms with van der Waals surface area (Å²) in [6.07, 6.45) is 1.50. The molecule has 0 atom stereocenters. The predicted octanol–water partition coefficient (Wildman–Crippen LogP) is 8.69. The maximum atomic E-state index is 13.5. The van der Waals surface area contributed by atoms with Crippen molar-refractivity contribution in [1.82, 2.24) is 4.31 Å². The smallest absolute Gasteiger partial charge is 0.243 e. The molecule has 5 nitrogen and oxygen atoms in total. The van der Waals surface area contributed by atoms with Crippen LogP contribution in [0.25, 0.3) is 0 Å². The highest BCUT2D eigenvalue weighted by atomic mass is 35.5. The van der Waals surface area contributed by atoms with Gasteiger partial charge in [-0.3, -0.25) is 4.99 Å². The van der Waals surface area contributed by atoms with Gasteiger partial charge in [0.2, 0.25) is 10.0 Å². The Bertz CT molecular complexity index is 1500. The van der Waals surface area contributed by atoms with E-state index in [-0.39, 0.29) is 18.0 Å². The molecule has 0 N–H and O–H groups in total.